The molecule has 3 aromatic rings. The minimum atomic E-state index is -3.65. The van der Waals surface area contributed by atoms with E-state index in [4.69, 9.17) is 5.26 Å². The van der Waals surface area contributed by atoms with E-state index in [1.165, 1.54) is 12.3 Å². The predicted octanol–water partition coefficient (Wildman–Crippen LogP) is 2.60. The van der Waals surface area contributed by atoms with Gasteiger partial charge in [-0.25, -0.2) is 13.1 Å². The molecular formula is C20H22ClN5O3S. The molecule has 0 amide bonds. The topological polar surface area (TPSA) is 122 Å². The van der Waals surface area contributed by atoms with Gasteiger partial charge in [-0.15, -0.1) is 12.4 Å². The first-order valence-electron chi connectivity index (χ1n) is 9.41. The average Bonchev–Trinajstić information content (AvgIpc) is 3.34. The number of nitrogens with one attached hydrogen (secondary N) is 2. The van der Waals surface area contributed by atoms with E-state index < -0.39 is 10.0 Å². The number of pyridine rings is 1. The van der Waals surface area contributed by atoms with Crippen LogP contribution in [-0.4, -0.2) is 54.6 Å². The quantitative estimate of drug-likeness (QED) is 0.533. The zero-order valence-electron chi connectivity index (χ0n) is 16.1. The summed E-state index contributed by atoms with van der Waals surface area (Å²) in [7, 11) is -3.65. The van der Waals surface area contributed by atoms with Crippen LogP contribution >= 0.6 is 12.4 Å². The van der Waals surface area contributed by atoms with E-state index in [1.807, 2.05) is 0 Å². The lowest BCUT2D eigenvalue weighted by Gasteiger charge is -2.14. The number of nitriles is 1. The molecule has 1 aliphatic rings. The van der Waals surface area contributed by atoms with Crippen LogP contribution in [0.2, 0.25) is 0 Å². The van der Waals surface area contributed by atoms with Crippen molar-refractivity contribution in [1.29, 1.82) is 5.26 Å². The SMILES string of the molecule is Cl.N#Cc1ccc2[nH]c(O)c(-c3ccc(S(=O)(=O)NCCN4CCCC4)cn3)c2c1. The van der Waals surface area contributed by atoms with Crippen molar-refractivity contribution >= 4 is 33.3 Å². The second kappa shape index (κ2) is 9.02. The summed E-state index contributed by atoms with van der Waals surface area (Å²) in [6.07, 6.45) is 3.60. The minimum Gasteiger partial charge on any atom is -0.494 e. The van der Waals surface area contributed by atoms with Crippen molar-refractivity contribution in [2.45, 2.75) is 17.7 Å². The molecule has 10 heteroatoms. The third kappa shape index (κ3) is 4.42. The number of halogens is 1. The number of hydrogen-bond acceptors (Lipinski definition) is 6. The summed E-state index contributed by atoms with van der Waals surface area (Å²) in [6.45, 7) is 3.07. The zero-order chi connectivity index (χ0) is 20.4. The van der Waals surface area contributed by atoms with Gasteiger partial charge in [0.25, 0.3) is 0 Å². The highest BCUT2D eigenvalue weighted by molar-refractivity contribution is 7.89. The highest BCUT2D eigenvalue weighted by atomic mass is 35.5. The van der Waals surface area contributed by atoms with Gasteiger partial charge in [-0.2, -0.15) is 5.26 Å². The first-order chi connectivity index (χ1) is 14.0. The smallest absolute Gasteiger partial charge is 0.242 e. The van der Waals surface area contributed by atoms with Crippen LogP contribution in [0.5, 0.6) is 5.88 Å². The fourth-order valence-corrected chi connectivity index (χ4v) is 4.59. The summed E-state index contributed by atoms with van der Waals surface area (Å²) in [4.78, 5) is 9.40. The van der Waals surface area contributed by atoms with Gasteiger partial charge in [0.15, 0.2) is 5.88 Å². The van der Waals surface area contributed by atoms with E-state index in [-0.39, 0.29) is 23.2 Å². The molecule has 8 nitrogen and oxygen atoms in total. The number of sulfonamides is 1. The first kappa shape index (κ1) is 22.1. The Morgan fingerprint density at radius 1 is 1.23 bits per heavy atom. The van der Waals surface area contributed by atoms with Crippen molar-refractivity contribution in [2.75, 3.05) is 26.2 Å². The highest BCUT2D eigenvalue weighted by Crippen LogP contribution is 2.36. The summed E-state index contributed by atoms with van der Waals surface area (Å²) < 4.78 is 27.6. The number of benzene rings is 1. The van der Waals surface area contributed by atoms with Crippen LogP contribution in [0.4, 0.5) is 0 Å². The maximum atomic E-state index is 12.5. The number of fused-ring (bicyclic) bond motifs is 1. The van der Waals surface area contributed by atoms with Crippen LogP contribution in [0.15, 0.2) is 41.4 Å². The molecule has 0 atom stereocenters. The van der Waals surface area contributed by atoms with Crippen LogP contribution in [0.25, 0.3) is 22.2 Å². The van der Waals surface area contributed by atoms with Gasteiger partial charge in [-0.1, -0.05) is 0 Å². The number of aromatic hydroxyl groups is 1. The molecule has 4 rings (SSSR count). The molecule has 3 heterocycles. The van der Waals surface area contributed by atoms with Gasteiger partial charge < -0.3 is 15.0 Å². The van der Waals surface area contributed by atoms with Crippen molar-refractivity contribution in [3.05, 3.63) is 42.1 Å². The van der Waals surface area contributed by atoms with Crippen molar-refractivity contribution in [3.8, 4) is 23.2 Å². The highest BCUT2D eigenvalue weighted by Gasteiger charge is 2.19. The molecule has 1 aliphatic heterocycles. The number of aromatic nitrogens is 2. The van der Waals surface area contributed by atoms with Crippen molar-refractivity contribution in [3.63, 3.8) is 0 Å². The van der Waals surface area contributed by atoms with Gasteiger partial charge in [0, 0.05) is 30.2 Å². The molecule has 1 fully saturated rings. The summed E-state index contributed by atoms with van der Waals surface area (Å²) in [6, 6.07) is 10.1. The normalized spacial score (nSPS) is 14.5. The number of likely N-dealkylation sites (tertiary alicyclic amines) is 1. The van der Waals surface area contributed by atoms with Crippen LogP contribution in [0, 0.1) is 11.3 Å². The molecule has 158 valence electrons. The van der Waals surface area contributed by atoms with E-state index in [0.717, 1.165) is 25.9 Å². The summed E-state index contributed by atoms with van der Waals surface area (Å²) in [5.41, 5.74) is 1.97. The van der Waals surface area contributed by atoms with Crippen molar-refractivity contribution in [1.82, 2.24) is 19.6 Å². The monoisotopic (exact) mass is 447 g/mol. The van der Waals surface area contributed by atoms with Crippen molar-refractivity contribution in [2.24, 2.45) is 0 Å². The van der Waals surface area contributed by atoms with Gasteiger partial charge >= 0.3 is 0 Å². The lowest BCUT2D eigenvalue weighted by atomic mass is 10.1. The van der Waals surface area contributed by atoms with Crippen LogP contribution in [0.3, 0.4) is 0 Å². The van der Waals surface area contributed by atoms with Gasteiger partial charge in [0.1, 0.15) is 4.90 Å². The number of H-pyrrole nitrogens is 1. The molecule has 30 heavy (non-hydrogen) atoms. The molecule has 0 aliphatic carbocycles. The molecule has 0 spiro atoms. The average molecular weight is 448 g/mol. The van der Waals surface area contributed by atoms with E-state index in [9.17, 15) is 13.5 Å². The Bertz CT molecular complexity index is 1180. The molecule has 1 saturated heterocycles. The first-order valence-corrected chi connectivity index (χ1v) is 10.9. The Kier molecular flexibility index (Phi) is 6.63. The Morgan fingerprint density at radius 3 is 2.67 bits per heavy atom. The van der Waals surface area contributed by atoms with Gasteiger partial charge in [-0.3, -0.25) is 4.98 Å². The third-order valence-electron chi connectivity index (χ3n) is 5.13. The molecule has 2 aromatic heterocycles. The Balaban J connectivity index is 0.00000256. The fourth-order valence-electron chi connectivity index (χ4n) is 3.62. The lowest BCUT2D eigenvalue weighted by Crippen LogP contribution is -2.33. The Labute approximate surface area is 181 Å². The Hall–Kier alpha value is -2.64. The molecule has 0 radical (unpaired) electrons. The minimum absolute atomic E-state index is 0. The number of nitrogens with zero attached hydrogens (tertiary/aromatic N) is 3. The fraction of sp³-hybridized carbons (Fsp3) is 0.300. The number of rotatable bonds is 6. The van der Waals surface area contributed by atoms with Crippen LogP contribution in [0.1, 0.15) is 18.4 Å². The maximum Gasteiger partial charge on any atom is 0.242 e. The lowest BCUT2D eigenvalue weighted by molar-refractivity contribution is 0.344. The van der Waals surface area contributed by atoms with E-state index in [1.54, 1.807) is 24.3 Å². The molecule has 3 N–H and O–H groups in total. The van der Waals surface area contributed by atoms with Gasteiger partial charge in [-0.05, 0) is 56.3 Å². The second-order valence-corrected chi connectivity index (χ2v) is 8.81. The van der Waals surface area contributed by atoms with Gasteiger partial charge in [0.05, 0.1) is 22.9 Å². The van der Waals surface area contributed by atoms with Crippen LogP contribution < -0.4 is 4.72 Å². The Morgan fingerprint density at radius 2 is 2.00 bits per heavy atom. The molecular weight excluding hydrogens is 426 g/mol. The van der Waals surface area contributed by atoms with E-state index in [2.05, 4.69) is 25.7 Å². The molecule has 0 saturated carbocycles. The number of aromatic amines is 1. The number of hydrogen-bond donors (Lipinski definition) is 3. The largest absolute Gasteiger partial charge is 0.494 e. The second-order valence-electron chi connectivity index (χ2n) is 7.05. The summed E-state index contributed by atoms with van der Waals surface area (Å²) in [5, 5.41) is 20.0. The van der Waals surface area contributed by atoms with Gasteiger partial charge in [0.2, 0.25) is 10.0 Å². The van der Waals surface area contributed by atoms with E-state index in [0.29, 0.717) is 40.8 Å². The standard InChI is InChI=1S/C20H21N5O3S.ClH/c21-12-14-3-5-17-16(11-14)19(20(26)24-17)18-6-4-15(13-22-18)29(27,28)23-7-10-25-8-1-2-9-25;/h3-6,11,13,23-24,26H,1-2,7-10H2;1H. The van der Waals surface area contributed by atoms with Crippen LogP contribution in [-0.2, 0) is 10.0 Å². The summed E-state index contributed by atoms with van der Waals surface area (Å²) >= 11 is 0. The molecule has 1 aromatic carbocycles. The van der Waals surface area contributed by atoms with Crippen molar-refractivity contribution < 1.29 is 13.5 Å². The van der Waals surface area contributed by atoms with E-state index >= 15 is 0 Å². The summed E-state index contributed by atoms with van der Waals surface area (Å²) in [5.74, 6) is -0.0815. The molecule has 0 unspecified atom stereocenters. The molecule has 0 bridgehead atoms. The maximum absolute atomic E-state index is 12.5. The predicted molar refractivity (Wildman–Crippen MR) is 116 cm³/mol. The third-order valence-corrected chi connectivity index (χ3v) is 6.58. The zero-order valence-corrected chi connectivity index (χ0v) is 17.8.